The Kier molecular flexibility index (Phi) is 2.68. The third-order valence-corrected chi connectivity index (χ3v) is 1.86. The molecule has 0 bridgehead atoms. The van der Waals surface area contributed by atoms with Crippen LogP contribution < -0.4 is 5.32 Å². The van der Waals surface area contributed by atoms with Gasteiger partial charge in [-0.15, -0.1) is 0 Å². The lowest BCUT2D eigenvalue weighted by Crippen LogP contribution is -2.29. The van der Waals surface area contributed by atoms with Gasteiger partial charge in [-0.25, -0.2) is 0 Å². The Morgan fingerprint density at radius 3 is 2.90 bits per heavy atom. The topological polar surface area (TPSA) is 32.3 Å². The van der Waals surface area contributed by atoms with E-state index >= 15 is 0 Å². The second kappa shape index (κ2) is 3.56. The molecule has 0 atom stereocenters. The summed E-state index contributed by atoms with van der Waals surface area (Å²) in [5.41, 5.74) is 0. The third-order valence-electron chi connectivity index (χ3n) is 1.86. The summed E-state index contributed by atoms with van der Waals surface area (Å²) in [4.78, 5) is 12.1. The van der Waals surface area contributed by atoms with E-state index in [1.807, 2.05) is 0 Å². The Balaban J connectivity index is 1.95. The first-order chi connectivity index (χ1) is 4.84. The molecule has 1 saturated carbocycles. The number of amides is 1. The number of rotatable bonds is 5. The van der Waals surface area contributed by atoms with Gasteiger partial charge in [0.15, 0.2) is 0 Å². The van der Waals surface area contributed by atoms with Crippen molar-refractivity contribution in [1.82, 2.24) is 10.2 Å². The summed E-state index contributed by atoms with van der Waals surface area (Å²) in [6.07, 6.45) is 3.41. The first kappa shape index (κ1) is 7.54. The van der Waals surface area contributed by atoms with Gasteiger partial charge in [-0.2, -0.15) is 0 Å². The van der Waals surface area contributed by atoms with Crippen LogP contribution in [0.4, 0.5) is 0 Å². The molecular weight excluding hydrogens is 128 g/mol. The van der Waals surface area contributed by atoms with Gasteiger partial charge in [0.1, 0.15) is 0 Å². The van der Waals surface area contributed by atoms with E-state index in [4.69, 9.17) is 0 Å². The highest BCUT2D eigenvalue weighted by Crippen LogP contribution is 2.24. The number of likely N-dealkylation sites (N-methyl/N-ethyl adjacent to an activating group) is 1. The third kappa shape index (κ3) is 2.35. The zero-order chi connectivity index (χ0) is 7.40. The van der Waals surface area contributed by atoms with E-state index in [1.165, 1.54) is 12.8 Å². The maximum absolute atomic E-state index is 9.84. The average molecular weight is 142 g/mol. The quantitative estimate of drug-likeness (QED) is 0.427. The van der Waals surface area contributed by atoms with Crippen LogP contribution in [0.3, 0.4) is 0 Å². The van der Waals surface area contributed by atoms with Crippen LogP contribution >= 0.6 is 0 Å². The first-order valence-electron chi connectivity index (χ1n) is 3.72. The summed E-state index contributed by atoms with van der Waals surface area (Å²) in [6, 6.07) is 0.799. The Labute approximate surface area is 61.4 Å². The minimum atomic E-state index is 0.751. The average Bonchev–Trinajstić information content (AvgIpc) is 2.69. The highest BCUT2D eigenvalue weighted by atomic mass is 16.1. The van der Waals surface area contributed by atoms with Crippen LogP contribution in [0.5, 0.6) is 0 Å². The van der Waals surface area contributed by atoms with Gasteiger partial charge >= 0.3 is 0 Å². The minimum Gasteiger partial charge on any atom is -0.357 e. The van der Waals surface area contributed by atoms with Crippen molar-refractivity contribution in [3.63, 3.8) is 0 Å². The van der Waals surface area contributed by atoms with Crippen LogP contribution in [-0.4, -0.2) is 37.5 Å². The van der Waals surface area contributed by atoms with Gasteiger partial charge in [0.2, 0.25) is 6.41 Å². The van der Waals surface area contributed by atoms with Gasteiger partial charge in [-0.05, 0) is 19.9 Å². The zero-order valence-corrected chi connectivity index (χ0v) is 6.34. The predicted molar refractivity (Wildman–Crippen MR) is 39.7 cm³/mol. The van der Waals surface area contributed by atoms with Crippen LogP contribution in [-0.2, 0) is 4.79 Å². The van der Waals surface area contributed by atoms with Crippen molar-refractivity contribution in [2.24, 2.45) is 0 Å². The van der Waals surface area contributed by atoms with Gasteiger partial charge in [0, 0.05) is 19.1 Å². The van der Waals surface area contributed by atoms with Crippen molar-refractivity contribution < 1.29 is 4.79 Å². The lowest BCUT2D eigenvalue weighted by Gasteiger charge is -2.14. The van der Waals surface area contributed by atoms with E-state index in [0.717, 1.165) is 25.5 Å². The maximum Gasteiger partial charge on any atom is 0.207 e. The summed E-state index contributed by atoms with van der Waals surface area (Å²) < 4.78 is 0. The Bertz CT molecular complexity index is 112. The molecular formula is C7H14N2O. The van der Waals surface area contributed by atoms with Gasteiger partial charge in [-0.1, -0.05) is 0 Å². The molecule has 0 saturated heterocycles. The molecule has 3 nitrogen and oxygen atoms in total. The van der Waals surface area contributed by atoms with E-state index in [-0.39, 0.29) is 0 Å². The molecule has 3 heteroatoms. The smallest absolute Gasteiger partial charge is 0.207 e. The summed E-state index contributed by atoms with van der Waals surface area (Å²) in [5, 5.41) is 2.64. The van der Waals surface area contributed by atoms with Crippen molar-refractivity contribution in [2.75, 3.05) is 20.1 Å². The molecule has 0 aromatic carbocycles. The van der Waals surface area contributed by atoms with E-state index in [9.17, 15) is 4.79 Å². The second-order valence-corrected chi connectivity index (χ2v) is 2.78. The van der Waals surface area contributed by atoms with Crippen LogP contribution in [0.2, 0.25) is 0 Å². The molecule has 0 aromatic rings. The summed E-state index contributed by atoms with van der Waals surface area (Å²) in [5.74, 6) is 0. The van der Waals surface area contributed by atoms with Gasteiger partial charge in [0.25, 0.3) is 0 Å². The van der Waals surface area contributed by atoms with E-state index in [1.54, 1.807) is 0 Å². The number of carbonyl (C=O) groups excluding carboxylic acids is 1. The maximum atomic E-state index is 9.84. The second-order valence-electron chi connectivity index (χ2n) is 2.78. The summed E-state index contributed by atoms with van der Waals surface area (Å²) in [7, 11) is 2.10. The molecule has 1 aliphatic carbocycles. The highest BCUT2D eigenvalue weighted by molar-refractivity contribution is 5.45. The Hall–Kier alpha value is -0.570. The molecule has 0 aromatic heterocycles. The lowest BCUT2D eigenvalue weighted by atomic mass is 10.5. The number of hydrogen-bond acceptors (Lipinski definition) is 2. The standard InChI is InChI=1S/C7H14N2O/c1-9(7-2-3-7)5-4-8-6-10/h6-7H,2-5H2,1H3,(H,8,10). The van der Waals surface area contributed by atoms with Crippen molar-refractivity contribution in [3.05, 3.63) is 0 Å². The monoisotopic (exact) mass is 142 g/mol. The van der Waals surface area contributed by atoms with E-state index in [2.05, 4.69) is 17.3 Å². The Morgan fingerprint density at radius 2 is 2.40 bits per heavy atom. The van der Waals surface area contributed by atoms with Crippen LogP contribution in [0.15, 0.2) is 0 Å². The van der Waals surface area contributed by atoms with Crippen molar-refractivity contribution >= 4 is 6.41 Å². The SMILES string of the molecule is CN(CCNC=O)C1CC1. The van der Waals surface area contributed by atoms with Crippen LogP contribution in [0, 0.1) is 0 Å². The van der Waals surface area contributed by atoms with Crippen LogP contribution in [0.1, 0.15) is 12.8 Å². The molecule has 0 spiro atoms. The van der Waals surface area contributed by atoms with Gasteiger partial charge in [-0.3, -0.25) is 4.79 Å². The summed E-state index contributed by atoms with van der Waals surface area (Å²) >= 11 is 0. The predicted octanol–water partition coefficient (Wildman–Crippen LogP) is -0.173. The van der Waals surface area contributed by atoms with E-state index < -0.39 is 0 Å². The number of nitrogens with zero attached hydrogens (tertiary/aromatic N) is 1. The molecule has 0 heterocycles. The largest absolute Gasteiger partial charge is 0.357 e. The molecule has 1 aliphatic rings. The summed E-state index contributed by atoms with van der Waals surface area (Å²) in [6.45, 7) is 1.75. The molecule has 1 N–H and O–H groups in total. The molecule has 1 fully saturated rings. The molecule has 0 radical (unpaired) electrons. The minimum absolute atomic E-state index is 0.751. The van der Waals surface area contributed by atoms with Crippen molar-refractivity contribution in [1.29, 1.82) is 0 Å². The van der Waals surface area contributed by atoms with Gasteiger partial charge < -0.3 is 10.2 Å². The van der Waals surface area contributed by atoms with Crippen molar-refractivity contribution in [2.45, 2.75) is 18.9 Å². The lowest BCUT2D eigenvalue weighted by molar-refractivity contribution is -0.109. The molecule has 1 amide bonds. The van der Waals surface area contributed by atoms with Crippen LogP contribution in [0.25, 0.3) is 0 Å². The van der Waals surface area contributed by atoms with E-state index in [0.29, 0.717) is 0 Å². The number of nitrogens with one attached hydrogen (secondary N) is 1. The fraction of sp³-hybridized carbons (Fsp3) is 0.857. The molecule has 0 unspecified atom stereocenters. The fourth-order valence-electron chi connectivity index (χ4n) is 0.998. The van der Waals surface area contributed by atoms with Crippen molar-refractivity contribution in [3.8, 4) is 0 Å². The first-order valence-corrected chi connectivity index (χ1v) is 3.72. The molecule has 58 valence electrons. The zero-order valence-electron chi connectivity index (χ0n) is 6.34. The highest BCUT2D eigenvalue weighted by Gasteiger charge is 2.25. The Morgan fingerprint density at radius 1 is 1.70 bits per heavy atom. The molecule has 10 heavy (non-hydrogen) atoms. The fourth-order valence-corrected chi connectivity index (χ4v) is 0.998. The number of hydrogen-bond donors (Lipinski definition) is 1. The van der Waals surface area contributed by atoms with Gasteiger partial charge in [0.05, 0.1) is 0 Å². The number of carbonyl (C=O) groups is 1. The molecule has 0 aliphatic heterocycles. The molecule has 1 rings (SSSR count). The normalized spacial score (nSPS) is 17.4.